The van der Waals surface area contributed by atoms with Gasteiger partial charge >= 0.3 is 0 Å². The highest BCUT2D eigenvalue weighted by Crippen LogP contribution is 2.29. The molecular formula is C17H18N2O3S. The summed E-state index contributed by atoms with van der Waals surface area (Å²) in [5.74, 6) is -0.191. The fourth-order valence-electron chi connectivity index (χ4n) is 2.85. The van der Waals surface area contributed by atoms with Crippen LogP contribution in [0.25, 0.3) is 0 Å². The molecule has 0 fully saturated rings. The summed E-state index contributed by atoms with van der Waals surface area (Å²) in [4.78, 5) is 14.7. The molecule has 0 saturated carbocycles. The van der Waals surface area contributed by atoms with Crippen molar-refractivity contribution in [3.05, 3.63) is 59.7 Å². The van der Waals surface area contributed by atoms with E-state index in [1.165, 1.54) is 0 Å². The van der Waals surface area contributed by atoms with Crippen LogP contribution in [0.2, 0.25) is 0 Å². The highest BCUT2D eigenvalue weighted by molar-refractivity contribution is 7.92. The minimum Gasteiger partial charge on any atom is -0.308 e. The smallest absolute Gasteiger partial charge is 0.260 e. The van der Waals surface area contributed by atoms with Crippen molar-refractivity contribution in [3.8, 4) is 0 Å². The molecule has 1 amide bonds. The fraction of sp³-hybridized carbons (Fsp3) is 0.235. The number of fused-ring (bicyclic) bond motifs is 1. The Morgan fingerprint density at radius 1 is 1.09 bits per heavy atom. The minimum absolute atomic E-state index is 0.191. The summed E-state index contributed by atoms with van der Waals surface area (Å²) >= 11 is 0. The first kappa shape index (κ1) is 15.6. The molecule has 0 spiro atoms. The molecule has 5 nitrogen and oxygen atoms in total. The number of anilines is 2. The van der Waals surface area contributed by atoms with Gasteiger partial charge in [0.05, 0.1) is 17.5 Å². The summed E-state index contributed by atoms with van der Waals surface area (Å²) in [6.07, 6.45) is 2.91. The summed E-state index contributed by atoms with van der Waals surface area (Å²) in [6.45, 7) is 0.628. The van der Waals surface area contributed by atoms with E-state index < -0.39 is 10.0 Å². The number of hydrogen-bond acceptors (Lipinski definition) is 3. The molecule has 23 heavy (non-hydrogen) atoms. The Labute approximate surface area is 136 Å². The van der Waals surface area contributed by atoms with Crippen LogP contribution in [0.1, 0.15) is 22.3 Å². The molecule has 3 rings (SSSR count). The van der Waals surface area contributed by atoms with Gasteiger partial charge in [0.25, 0.3) is 5.91 Å². The van der Waals surface area contributed by atoms with Crippen molar-refractivity contribution < 1.29 is 13.2 Å². The Morgan fingerprint density at radius 3 is 2.57 bits per heavy atom. The Balaban J connectivity index is 1.99. The van der Waals surface area contributed by atoms with Gasteiger partial charge in [-0.25, -0.2) is 8.42 Å². The maximum Gasteiger partial charge on any atom is 0.260 e. The Hall–Kier alpha value is -2.34. The predicted molar refractivity (Wildman–Crippen MR) is 91.3 cm³/mol. The SMILES string of the molecule is CS(=O)(=O)Nc1ccccc1C(=O)N1CCCc2ccccc21. The number of rotatable bonds is 3. The van der Waals surface area contributed by atoms with Crippen LogP contribution in [0.5, 0.6) is 0 Å². The van der Waals surface area contributed by atoms with E-state index in [0.717, 1.165) is 30.3 Å². The van der Waals surface area contributed by atoms with Gasteiger partial charge in [0, 0.05) is 12.2 Å². The second-order valence-corrected chi connectivity index (χ2v) is 7.36. The van der Waals surface area contributed by atoms with Crippen LogP contribution in [0.3, 0.4) is 0 Å². The topological polar surface area (TPSA) is 66.5 Å². The molecule has 1 aliphatic heterocycles. The number of carbonyl (C=O) groups excluding carboxylic acids is 1. The van der Waals surface area contributed by atoms with Crippen molar-refractivity contribution in [2.24, 2.45) is 0 Å². The van der Waals surface area contributed by atoms with Gasteiger partial charge in [-0.15, -0.1) is 0 Å². The zero-order valence-electron chi connectivity index (χ0n) is 12.8. The number of sulfonamides is 1. The van der Waals surface area contributed by atoms with Crippen molar-refractivity contribution >= 4 is 27.3 Å². The second-order valence-electron chi connectivity index (χ2n) is 5.61. The van der Waals surface area contributed by atoms with Crippen molar-refractivity contribution in [1.82, 2.24) is 0 Å². The Morgan fingerprint density at radius 2 is 1.78 bits per heavy atom. The summed E-state index contributed by atoms with van der Waals surface area (Å²) < 4.78 is 25.4. The zero-order chi connectivity index (χ0) is 16.4. The van der Waals surface area contributed by atoms with Gasteiger partial charge < -0.3 is 4.90 Å². The number of carbonyl (C=O) groups is 1. The molecule has 2 aromatic rings. The van der Waals surface area contributed by atoms with Crippen molar-refractivity contribution in [3.63, 3.8) is 0 Å². The number of benzene rings is 2. The van der Waals surface area contributed by atoms with Crippen LogP contribution < -0.4 is 9.62 Å². The number of nitrogens with zero attached hydrogens (tertiary/aromatic N) is 1. The van der Waals surface area contributed by atoms with E-state index in [4.69, 9.17) is 0 Å². The molecule has 120 valence electrons. The molecule has 2 aromatic carbocycles. The average Bonchev–Trinajstić information content (AvgIpc) is 2.53. The molecule has 0 aromatic heterocycles. The molecular weight excluding hydrogens is 312 g/mol. The van der Waals surface area contributed by atoms with Crippen LogP contribution in [-0.4, -0.2) is 27.1 Å². The molecule has 1 aliphatic rings. The Bertz CT molecular complexity index is 846. The second kappa shape index (κ2) is 6.04. The zero-order valence-corrected chi connectivity index (χ0v) is 13.6. The molecule has 0 saturated heterocycles. The lowest BCUT2D eigenvalue weighted by Crippen LogP contribution is -2.36. The van der Waals surface area contributed by atoms with E-state index in [1.807, 2.05) is 24.3 Å². The molecule has 1 N–H and O–H groups in total. The maximum absolute atomic E-state index is 13.0. The third kappa shape index (κ3) is 3.37. The molecule has 0 aliphatic carbocycles. The minimum atomic E-state index is -3.45. The van der Waals surface area contributed by atoms with Crippen molar-refractivity contribution in [2.45, 2.75) is 12.8 Å². The molecule has 0 bridgehead atoms. The van der Waals surface area contributed by atoms with Gasteiger partial charge in [0.1, 0.15) is 0 Å². The summed E-state index contributed by atoms with van der Waals surface area (Å²) in [5, 5.41) is 0. The lowest BCUT2D eigenvalue weighted by Gasteiger charge is -2.30. The highest BCUT2D eigenvalue weighted by atomic mass is 32.2. The summed E-state index contributed by atoms with van der Waals surface area (Å²) in [6, 6.07) is 14.5. The normalized spacial score (nSPS) is 14.2. The van der Waals surface area contributed by atoms with Gasteiger partial charge in [0.15, 0.2) is 0 Å². The van der Waals surface area contributed by atoms with Crippen LogP contribution in [0.15, 0.2) is 48.5 Å². The van der Waals surface area contributed by atoms with Crippen LogP contribution in [0, 0.1) is 0 Å². The third-order valence-corrected chi connectivity index (χ3v) is 4.40. The van der Waals surface area contributed by atoms with Gasteiger partial charge in [-0.1, -0.05) is 30.3 Å². The lowest BCUT2D eigenvalue weighted by molar-refractivity contribution is 0.0986. The van der Waals surface area contributed by atoms with Gasteiger partial charge in [-0.05, 0) is 36.6 Å². The van der Waals surface area contributed by atoms with Gasteiger partial charge in [-0.2, -0.15) is 0 Å². The third-order valence-electron chi connectivity index (χ3n) is 3.81. The predicted octanol–water partition coefficient (Wildman–Crippen LogP) is 2.65. The van der Waals surface area contributed by atoms with Crippen molar-refractivity contribution in [1.29, 1.82) is 0 Å². The number of para-hydroxylation sites is 2. The van der Waals surface area contributed by atoms with Crippen LogP contribution >= 0.6 is 0 Å². The monoisotopic (exact) mass is 330 g/mol. The van der Waals surface area contributed by atoms with Crippen LogP contribution in [0.4, 0.5) is 11.4 Å². The van der Waals surface area contributed by atoms with E-state index in [9.17, 15) is 13.2 Å². The van der Waals surface area contributed by atoms with Gasteiger partial charge in [0.2, 0.25) is 10.0 Å². The first-order valence-electron chi connectivity index (χ1n) is 7.42. The van der Waals surface area contributed by atoms with E-state index in [2.05, 4.69) is 4.72 Å². The first-order valence-corrected chi connectivity index (χ1v) is 9.31. The standard InChI is InChI=1S/C17H18N2O3S/c1-23(21,22)18-15-10-4-3-9-14(15)17(20)19-12-6-8-13-7-2-5-11-16(13)19/h2-5,7,9-11,18H,6,8,12H2,1H3. The van der Waals surface area contributed by atoms with Gasteiger partial charge in [-0.3, -0.25) is 9.52 Å². The summed E-state index contributed by atoms with van der Waals surface area (Å²) in [5.41, 5.74) is 2.70. The molecule has 0 atom stereocenters. The molecule has 6 heteroatoms. The van der Waals surface area contributed by atoms with Crippen molar-refractivity contribution in [2.75, 3.05) is 22.4 Å². The average molecular weight is 330 g/mol. The van der Waals surface area contributed by atoms with Crippen LogP contribution in [-0.2, 0) is 16.4 Å². The quantitative estimate of drug-likeness (QED) is 0.941. The first-order chi connectivity index (χ1) is 11.0. The van der Waals surface area contributed by atoms with E-state index in [1.54, 1.807) is 29.2 Å². The molecule has 1 heterocycles. The Kier molecular flexibility index (Phi) is 4.09. The number of hydrogen-bond donors (Lipinski definition) is 1. The summed E-state index contributed by atoms with van der Waals surface area (Å²) in [7, 11) is -3.45. The fourth-order valence-corrected chi connectivity index (χ4v) is 3.43. The number of amides is 1. The lowest BCUT2D eigenvalue weighted by atomic mass is 10.0. The molecule has 0 unspecified atom stereocenters. The highest BCUT2D eigenvalue weighted by Gasteiger charge is 2.25. The van der Waals surface area contributed by atoms with E-state index >= 15 is 0 Å². The van der Waals surface area contributed by atoms with E-state index in [0.29, 0.717) is 17.8 Å². The molecule has 0 radical (unpaired) electrons. The number of nitrogens with one attached hydrogen (secondary N) is 1. The van der Waals surface area contributed by atoms with E-state index in [-0.39, 0.29) is 5.91 Å². The maximum atomic E-state index is 13.0. The largest absolute Gasteiger partial charge is 0.308 e. The number of aryl methyl sites for hydroxylation is 1.